The van der Waals surface area contributed by atoms with Crippen molar-refractivity contribution in [2.24, 2.45) is 0 Å². The predicted molar refractivity (Wildman–Crippen MR) is 190 cm³/mol. The number of urea groups is 1. The summed E-state index contributed by atoms with van der Waals surface area (Å²) < 4.78 is 27.1. The number of piperazine rings is 1. The molecular weight excluding hydrogens is 749 g/mol. The molecule has 6 rings (SSSR count). The van der Waals surface area contributed by atoms with Crippen molar-refractivity contribution in [2.45, 2.75) is 31.7 Å². The fraction of sp³-hybridized carbons (Fsp3) is 0.378. The average Bonchev–Trinajstić information content (AvgIpc) is 3.14. The number of hydrogen-bond donors (Lipinski definition) is 1. The number of morpholine rings is 1. The molecule has 282 valence electrons. The number of hydrazine groups is 1. The molecule has 3 aliphatic rings. The van der Waals surface area contributed by atoms with E-state index in [1.807, 2.05) is 54.6 Å². The van der Waals surface area contributed by atoms with Crippen molar-refractivity contribution in [3.8, 4) is 11.5 Å². The average molecular weight is 793 g/mol. The van der Waals surface area contributed by atoms with Gasteiger partial charge in [-0.15, -0.1) is 6.58 Å². The van der Waals surface area contributed by atoms with Crippen molar-refractivity contribution < 1.29 is 102 Å². The Morgan fingerprint density at radius 3 is 2.35 bits per heavy atom. The molecule has 2 atom stereocenters. The van der Waals surface area contributed by atoms with Crippen LogP contribution in [0.1, 0.15) is 16.7 Å². The number of hydrogen-bond acceptors (Lipinski definition) is 11. The van der Waals surface area contributed by atoms with Gasteiger partial charge in [0.2, 0.25) is 11.8 Å². The molecule has 3 aliphatic heterocycles. The number of carbonyl (C=O) groups excluding carboxylic acids is 3. The minimum absolute atomic E-state index is 0. The molecule has 4 amide bonds. The number of fused-ring (bicyclic) bond motifs is 1. The Hall–Kier alpha value is -2.76. The Morgan fingerprint density at radius 1 is 0.945 bits per heavy atom. The van der Waals surface area contributed by atoms with Crippen LogP contribution in [0.4, 0.5) is 4.79 Å². The van der Waals surface area contributed by atoms with Crippen LogP contribution in [0.15, 0.2) is 91.5 Å². The molecule has 0 unspecified atom stereocenters. The standard InChI is InChI=1S/C37H45N6O9P.2Na/c1-2-15-41-27-35(44)42-33(23-28-11-13-31(14-12-28)52-53(47,48)49)36(45)40(26-34(42)43(41)37(46)38-24-29-7-4-3-5-8-29)25-30-9-6-10-32(22-30)51-21-18-39-16-19-50-20-17-39;;/h2-14,22,33-34H,1,15-21,23-27H2,(H,38,46)(H2,47,48,49);;/q;2*+1/p-2/t33-,34-;;/m0../s1. The number of benzene rings is 3. The summed E-state index contributed by atoms with van der Waals surface area (Å²) in [5, 5.41) is 6.10. The Bertz CT molecular complexity index is 1800. The SMILES string of the molecule is C=CCN1CC(=O)N2[C@@H](Cc3ccc(OP(=O)([O-])[O-])cc3)C(=O)N(Cc3cccc(OCCN4CCOCC4)c3)C[C@@H]2N1C(=O)NCc1ccccc1.[Na+].[Na+]. The van der Waals surface area contributed by atoms with Gasteiger partial charge in [-0.2, -0.15) is 0 Å². The molecule has 3 heterocycles. The third-order valence-electron chi connectivity index (χ3n) is 9.29. The number of amides is 4. The van der Waals surface area contributed by atoms with Gasteiger partial charge in [0.25, 0.3) is 0 Å². The topological polar surface area (TPSA) is 170 Å². The molecule has 3 aromatic rings. The molecule has 0 saturated carbocycles. The van der Waals surface area contributed by atoms with E-state index in [0.717, 1.165) is 30.8 Å². The molecule has 3 aromatic carbocycles. The molecule has 0 bridgehead atoms. The maximum absolute atomic E-state index is 14.4. The van der Waals surface area contributed by atoms with Gasteiger partial charge in [-0.25, -0.2) is 14.8 Å². The van der Waals surface area contributed by atoms with Crippen molar-refractivity contribution in [3.05, 3.63) is 108 Å². The summed E-state index contributed by atoms with van der Waals surface area (Å²) in [7, 11) is -5.27. The van der Waals surface area contributed by atoms with Crippen molar-refractivity contribution in [1.82, 2.24) is 30.0 Å². The molecule has 55 heavy (non-hydrogen) atoms. The van der Waals surface area contributed by atoms with E-state index in [2.05, 4.69) is 21.3 Å². The summed E-state index contributed by atoms with van der Waals surface area (Å²) in [5.41, 5.74) is 2.28. The molecule has 3 fully saturated rings. The number of phosphoric ester groups is 1. The summed E-state index contributed by atoms with van der Waals surface area (Å²) >= 11 is 0. The smallest absolute Gasteiger partial charge is 0.780 e. The number of phosphoric acid groups is 1. The number of carbonyl (C=O) groups is 3. The Labute approximate surface area is 365 Å². The quantitative estimate of drug-likeness (QED) is 0.0947. The Balaban J connectivity index is 0.00000336. The van der Waals surface area contributed by atoms with Gasteiger partial charge >= 0.3 is 65.1 Å². The van der Waals surface area contributed by atoms with E-state index in [4.69, 9.17) is 9.47 Å². The van der Waals surface area contributed by atoms with Crippen LogP contribution in [0.3, 0.4) is 0 Å². The Kier molecular flexibility index (Phi) is 17.3. The fourth-order valence-corrected chi connectivity index (χ4v) is 7.19. The van der Waals surface area contributed by atoms with Crippen LogP contribution in [0.5, 0.6) is 11.5 Å². The van der Waals surface area contributed by atoms with Gasteiger partial charge in [-0.3, -0.25) is 14.5 Å². The van der Waals surface area contributed by atoms with Crippen molar-refractivity contribution >= 4 is 25.7 Å². The molecule has 0 aromatic heterocycles. The molecular formula is C37H43N6Na2O9P. The van der Waals surface area contributed by atoms with Gasteiger partial charge in [-0.05, 0) is 41.0 Å². The first-order valence-electron chi connectivity index (χ1n) is 17.5. The minimum Gasteiger partial charge on any atom is -0.780 e. The van der Waals surface area contributed by atoms with Crippen LogP contribution in [-0.2, 0) is 38.4 Å². The van der Waals surface area contributed by atoms with Crippen molar-refractivity contribution in [3.63, 3.8) is 0 Å². The first-order chi connectivity index (χ1) is 25.6. The molecule has 0 aliphatic carbocycles. The van der Waals surface area contributed by atoms with Gasteiger partial charge in [0.15, 0.2) is 0 Å². The van der Waals surface area contributed by atoms with Crippen LogP contribution in [0, 0.1) is 0 Å². The predicted octanol–water partition coefficient (Wildman–Crippen LogP) is -4.65. The minimum atomic E-state index is -5.27. The Morgan fingerprint density at radius 2 is 1.65 bits per heavy atom. The molecule has 3 saturated heterocycles. The maximum atomic E-state index is 14.4. The zero-order valence-corrected chi connectivity index (χ0v) is 36.2. The van der Waals surface area contributed by atoms with E-state index in [1.165, 1.54) is 34.2 Å². The third kappa shape index (κ3) is 12.4. The second-order valence-corrected chi connectivity index (χ2v) is 14.1. The van der Waals surface area contributed by atoms with E-state index in [1.54, 1.807) is 16.0 Å². The first kappa shape index (κ1) is 44.9. The summed E-state index contributed by atoms with van der Waals surface area (Å²) in [6.45, 7) is 8.71. The molecule has 18 heteroatoms. The molecule has 0 spiro atoms. The van der Waals surface area contributed by atoms with E-state index in [-0.39, 0.29) is 116 Å². The van der Waals surface area contributed by atoms with Crippen molar-refractivity contribution in [2.75, 3.05) is 59.1 Å². The maximum Gasteiger partial charge on any atom is 1.00 e. The van der Waals surface area contributed by atoms with Crippen LogP contribution >= 0.6 is 7.82 Å². The second-order valence-electron chi connectivity index (χ2n) is 13.0. The fourth-order valence-electron chi connectivity index (χ4n) is 6.81. The molecule has 0 radical (unpaired) electrons. The van der Waals surface area contributed by atoms with E-state index >= 15 is 0 Å². The molecule has 15 nitrogen and oxygen atoms in total. The summed E-state index contributed by atoms with van der Waals surface area (Å²) in [5.74, 6) is -0.164. The number of nitrogens with one attached hydrogen (secondary N) is 1. The normalized spacial score (nSPS) is 19.1. The first-order valence-corrected chi connectivity index (χ1v) is 18.9. The van der Waals surface area contributed by atoms with Gasteiger partial charge in [-0.1, -0.05) is 60.7 Å². The van der Waals surface area contributed by atoms with Crippen molar-refractivity contribution in [1.29, 1.82) is 0 Å². The second kappa shape index (κ2) is 21.1. The van der Waals surface area contributed by atoms with E-state index < -0.39 is 26.1 Å². The van der Waals surface area contributed by atoms with Crippen LogP contribution in [0.2, 0.25) is 0 Å². The monoisotopic (exact) mass is 792 g/mol. The molecule has 1 N–H and O–H groups in total. The van der Waals surface area contributed by atoms with Gasteiger partial charge < -0.3 is 43.5 Å². The van der Waals surface area contributed by atoms with E-state index in [9.17, 15) is 28.7 Å². The summed E-state index contributed by atoms with van der Waals surface area (Å²) in [4.78, 5) is 70.0. The zero-order chi connectivity index (χ0) is 37.4. The number of rotatable bonds is 14. The largest absolute Gasteiger partial charge is 1.00 e. The van der Waals surface area contributed by atoms with Crippen LogP contribution in [-0.4, -0.2) is 114 Å². The zero-order valence-electron chi connectivity index (χ0n) is 31.3. The number of nitrogens with zero attached hydrogens (tertiary/aromatic N) is 5. The van der Waals surface area contributed by atoms with E-state index in [0.29, 0.717) is 31.1 Å². The van der Waals surface area contributed by atoms with Gasteiger partial charge in [0.1, 0.15) is 38.1 Å². The summed E-state index contributed by atoms with van der Waals surface area (Å²) in [6, 6.07) is 21.2. The number of ether oxygens (including phenoxy) is 2. The van der Waals surface area contributed by atoms with Gasteiger partial charge in [0, 0.05) is 45.7 Å². The van der Waals surface area contributed by atoms with Crippen LogP contribution in [0.25, 0.3) is 0 Å². The van der Waals surface area contributed by atoms with Crippen LogP contribution < -0.4 is 83.5 Å². The summed E-state index contributed by atoms with van der Waals surface area (Å²) in [6.07, 6.45) is 0.799. The third-order valence-corrected chi connectivity index (χ3v) is 9.72. The van der Waals surface area contributed by atoms with Gasteiger partial charge in [0.05, 0.1) is 26.3 Å².